The van der Waals surface area contributed by atoms with Crippen molar-refractivity contribution in [1.82, 2.24) is 20.2 Å². The molecule has 1 aliphatic carbocycles. The van der Waals surface area contributed by atoms with Crippen LogP contribution in [0.3, 0.4) is 0 Å². The molecule has 1 saturated carbocycles. The molecule has 132 valence electrons. The summed E-state index contributed by atoms with van der Waals surface area (Å²) < 4.78 is 0. The minimum Gasteiger partial charge on any atom is -0.352 e. The average Bonchev–Trinajstić information content (AvgIpc) is 2.64. The molecule has 3 atom stereocenters. The van der Waals surface area contributed by atoms with Crippen molar-refractivity contribution in [1.29, 1.82) is 0 Å². The third kappa shape index (κ3) is 4.04. The summed E-state index contributed by atoms with van der Waals surface area (Å²) in [7, 11) is 0. The van der Waals surface area contributed by atoms with Gasteiger partial charge in [0.25, 0.3) is 0 Å². The summed E-state index contributed by atoms with van der Waals surface area (Å²) in [4.78, 5) is 25.7. The average molecular weight is 331 g/mol. The normalized spacial score (nSPS) is 26.8. The number of carbonyl (C=O) groups is 1. The summed E-state index contributed by atoms with van der Waals surface area (Å²) in [5, 5.41) is 3.29. The fourth-order valence-electron chi connectivity index (χ4n) is 3.76. The van der Waals surface area contributed by atoms with Crippen LogP contribution in [0, 0.1) is 5.92 Å². The molecular formula is C18H29N5O. The van der Waals surface area contributed by atoms with Gasteiger partial charge in [0.15, 0.2) is 0 Å². The smallest absolute Gasteiger partial charge is 0.237 e. The summed E-state index contributed by atoms with van der Waals surface area (Å²) in [6.45, 7) is 7.74. The van der Waals surface area contributed by atoms with E-state index < -0.39 is 0 Å². The second kappa shape index (κ2) is 7.92. The minimum atomic E-state index is -0.0713. The van der Waals surface area contributed by atoms with Crippen LogP contribution in [0.4, 0.5) is 5.95 Å². The van der Waals surface area contributed by atoms with Gasteiger partial charge in [0, 0.05) is 44.6 Å². The standard InChI is InChI=1S/C18H29N5O/c1-14-6-3-4-7-16(14)21-17(24)15(2)22-10-12-23(13-11-22)18-19-8-5-9-20-18/h5,8-9,14-16H,3-4,6-7,10-13H2,1-2H3,(H,21,24)/t14-,15+,16+/m0/s1. The highest BCUT2D eigenvalue weighted by molar-refractivity contribution is 5.81. The van der Waals surface area contributed by atoms with E-state index in [1.165, 1.54) is 19.3 Å². The maximum absolute atomic E-state index is 12.6. The lowest BCUT2D eigenvalue weighted by Gasteiger charge is -2.38. The first-order chi connectivity index (χ1) is 11.6. The van der Waals surface area contributed by atoms with Crippen molar-refractivity contribution >= 4 is 11.9 Å². The van der Waals surface area contributed by atoms with E-state index in [1.807, 2.05) is 13.0 Å². The van der Waals surface area contributed by atoms with Gasteiger partial charge in [0.05, 0.1) is 6.04 Å². The summed E-state index contributed by atoms with van der Waals surface area (Å²) in [6.07, 6.45) is 8.44. The number of amides is 1. The zero-order valence-corrected chi connectivity index (χ0v) is 14.8. The Morgan fingerprint density at radius 3 is 2.50 bits per heavy atom. The third-order valence-electron chi connectivity index (χ3n) is 5.52. The molecule has 2 fully saturated rings. The molecule has 24 heavy (non-hydrogen) atoms. The van der Waals surface area contributed by atoms with E-state index in [9.17, 15) is 4.79 Å². The Kier molecular flexibility index (Phi) is 5.66. The summed E-state index contributed by atoms with van der Waals surface area (Å²) in [5.41, 5.74) is 0. The molecule has 6 heteroatoms. The number of anilines is 1. The van der Waals surface area contributed by atoms with Crippen molar-refractivity contribution in [3.8, 4) is 0 Å². The van der Waals surface area contributed by atoms with E-state index in [0.717, 1.165) is 38.5 Å². The van der Waals surface area contributed by atoms with Crippen LogP contribution in [0.5, 0.6) is 0 Å². The van der Waals surface area contributed by atoms with E-state index in [2.05, 4.69) is 32.0 Å². The number of rotatable bonds is 4. The van der Waals surface area contributed by atoms with Crippen molar-refractivity contribution in [2.45, 2.75) is 51.6 Å². The minimum absolute atomic E-state index is 0.0713. The van der Waals surface area contributed by atoms with E-state index in [-0.39, 0.29) is 11.9 Å². The lowest BCUT2D eigenvalue weighted by molar-refractivity contribution is -0.127. The molecule has 0 bridgehead atoms. The van der Waals surface area contributed by atoms with Crippen LogP contribution in [0.1, 0.15) is 39.5 Å². The quantitative estimate of drug-likeness (QED) is 0.909. The van der Waals surface area contributed by atoms with Gasteiger partial charge in [-0.1, -0.05) is 19.8 Å². The molecule has 0 aromatic carbocycles. The number of aromatic nitrogens is 2. The van der Waals surface area contributed by atoms with Gasteiger partial charge in [-0.3, -0.25) is 9.69 Å². The van der Waals surface area contributed by atoms with Crippen molar-refractivity contribution in [3.63, 3.8) is 0 Å². The topological polar surface area (TPSA) is 61.4 Å². The first-order valence-electron chi connectivity index (χ1n) is 9.21. The SMILES string of the molecule is C[C@H](C(=O)N[C@@H]1CCCC[C@@H]1C)N1CCN(c2ncccn2)CC1. The Morgan fingerprint density at radius 2 is 1.83 bits per heavy atom. The van der Waals surface area contributed by atoms with Gasteiger partial charge in [-0.2, -0.15) is 0 Å². The van der Waals surface area contributed by atoms with Crippen LogP contribution in [-0.4, -0.2) is 59.0 Å². The molecule has 1 aromatic rings. The lowest BCUT2D eigenvalue weighted by Crippen LogP contribution is -2.56. The van der Waals surface area contributed by atoms with Crippen LogP contribution in [0.15, 0.2) is 18.5 Å². The van der Waals surface area contributed by atoms with E-state index in [1.54, 1.807) is 12.4 Å². The van der Waals surface area contributed by atoms with E-state index in [4.69, 9.17) is 0 Å². The molecule has 0 spiro atoms. The monoisotopic (exact) mass is 331 g/mol. The summed E-state index contributed by atoms with van der Waals surface area (Å²) >= 11 is 0. The Hall–Kier alpha value is -1.69. The van der Waals surface area contributed by atoms with Gasteiger partial charge in [0.2, 0.25) is 11.9 Å². The van der Waals surface area contributed by atoms with Crippen LogP contribution >= 0.6 is 0 Å². The Balaban J connectivity index is 1.49. The van der Waals surface area contributed by atoms with Crippen molar-refractivity contribution in [2.24, 2.45) is 5.92 Å². The molecule has 6 nitrogen and oxygen atoms in total. The molecule has 1 saturated heterocycles. The fraction of sp³-hybridized carbons (Fsp3) is 0.722. The first-order valence-corrected chi connectivity index (χ1v) is 9.21. The summed E-state index contributed by atoms with van der Waals surface area (Å²) in [5.74, 6) is 1.56. The van der Waals surface area contributed by atoms with Gasteiger partial charge in [-0.25, -0.2) is 9.97 Å². The number of hydrogen-bond acceptors (Lipinski definition) is 5. The number of nitrogens with one attached hydrogen (secondary N) is 1. The Labute approximate surface area is 144 Å². The predicted molar refractivity (Wildman–Crippen MR) is 94.8 cm³/mol. The van der Waals surface area contributed by atoms with Crippen LogP contribution in [-0.2, 0) is 4.79 Å². The fourth-order valence-corrected chi connectivity index (χ4v) is 3.76. The molecule has 0 unspecified atom stereocenters. The van der Waals surface area contributed by atoms with Gasteiger partial charge >= 0.3 is 0 Å². The highest BCUT2D eigenvalue weighted by Gasteiger charge is 2.29. The number of hydrogen-bond donors (Lipinski definition) is 1. The third-order valence-corrected chi connectivity index (χ3v) is 5.52. The largest absolute Gasteiger partial charge is 0.352 e. The van der Waals surface area contributed by atoms with Crippen LogP contribution in [0.25, 0.3) is 0 Å². The highest BCUT2D eigenvalue weighted by atomic mass is 16.2. The van der Waals surface area contributed by atoms with Crippen molar-refractivity contribution in [2.75, 3.05) is 31.1 Å². The molecular weight excluding hydrogens is 302 g/mol. The second-order valence-corrected chi connectivity index (χ2v) is 7.12. The van der Waals surface area contributed by atoms with Gasteiger partial charge in [0.1, 0.15) is 0 Å². The number of piperazine rings is 1. The molecule has 2 aliphatic rings. The van der Waals surface area contributed by atoms with Gasteiger partial charge in [-0.15, -0.1) is 0 Å². The van der Waals surface area contributed by atoms with E-state index >= 15 is 0 Å². The number of carbonyl (C=O) groups excluding carboxylic acids is 1. The zero-order chi connectivity index (χ0) is 16.9. The van der Waals surface area contributed by atoms with E-state index in [0.29, 0.717) is 12.0 Å². The Morgan fingerprint density at radius 1 is 1.17 bits per heavy atom. The number of nitrogens with zero attached hydrogens (tertiary/aromatic N) is 4. The Bertz CT molecular complexity index is 529. The predicted octanol–water partition coefficient (Wildman–Crippen LogP) is 1.68. The molecule has 1 aromatic heterocycles. The zero-order valence-electron chi connectivity index (χ0n) is 14.8. The van der Waals surface area contributed by atoms with Crippen LogP contribution in [0.2, 0.25) is 0 Å². The lowest BCUT2D eigenvalue weighted by atomic mass is 9.86. The molecule has 3 rings (SSSR count). The van der Waals surface area contributed by atoms with Crippen LogP contribution < -0.4 is 10.2 Å². The van der Waals surface area contributed by atoms with Gasteiger partial charge < -0.3 is 10.2 Å². The van der Waals surface area contributed by atoms with Crippen molar-refractivity contribution < 1.29 is 4.79 Å². The van der Waals surface area contributed by atoms with Gasteiger partial charge in [-0.05, 0) is 31.7 Å². The highest BCUT2D eigenvalue weighted by Crippen LogP contribution is 2.24. The summed E-state index contributed by atoms with van der Waals surface area (Å²) in [6, 6.07) is 2.11. The molecule has 1 amide bonds. The first kappa shape index (κ1) is 17.1. The maximum atomic E-state index is 12.6. The molecule has 1 N–H and O–H groups in total. The molecule has 2 heterocycles. The second-order valence-electron chi connectivity index (χ2n) is 7.12. The van der Waals surface area contributed by atoms with Crippen molar-refractivity contribution in [3.05, 3.63) is 18.5 Å². The molecule has 0 radical (unpaired) electrons. The molecule has 1 aliphatic heterocycles. The maximum Gasteiger partial charge on any atom is 0.237 e.